The van der Waals surface area contributed by atoms with E-state index < -0.39 is 0 Å². The summed E-state index contributed by atoms with van der Waals surface area (Å²) in [5, 5.41) is 8.91. The smallest absolute Gasteiger partial charge is 0.226 e. The minimum absolute atomic E-state index is 0.0391. The van der Waals surface area contributed by atoms with Gasteiger partial charge >= 0.3 is 0 Å². The third-order valence-electron chi connectivity index (χ3n) is 3.14. The fourth-order valence-electron chi connectivity index (χ4n) is 1.81. The second kappa shape index (κ2) is 8.38. The average molecular weight is 277 g/mol. The molecule has 0 aromatic heterocycles. The molecule has 0 aliphatic heterocycles. The molecular formula is C16H23NO3. The molecule has 0 spiro atoms. The third-order valence-corrected chi connectivity index (χ3v) is 3.14. The maximum atomic E-state index is 11.9. The molecule has 1 rings (SSSR count). The first-order chi connectivity index (χ1) is 9.58. The molecule has 4 nitrogen and oxygen atoms in total. The van der Waals surface area contributed by atoms with Crippen LogP contribution in [0.15, 0.2) is 30.9 Å². The molecule has 0 aliphatic carbocycles. The molecular weight excluding hydrogens is 254 g/mol. The van der Waals surface area contributed by atoms with Crippen LogP contribution in [-0.2, 0) is 4.79 Å². The zero-order chi connectivity index (χ0) is 15.0. The lowest BCUT2D eigenvalue weighted by Crippen LogP contribution is -2.34. The minimum atomic E-state index is -0.0441. The number of carbonyl (C=O) groups is 1. The van der Waals surface area contributed by atoms with E-state index in [0.717, 1.165) is 5.75 Å². The summed E-state index contributed by atoms with van der Waals surface area (Å²) < 4.78 is 5.58. The molecule has 0 fully saturated rings. The van der Waals surface area contributed by atoms with Crippen molar-refractivity contribution in [2.45, 2.75) is 20.3 Å². The van der Waals surface area contributed by atoms with Crippen molar-refractivity contribution >= 4 is 5.91 Å². The Morgan fingerprint density at radius 3 is 2.75 bits per heavy atom. The monoisotopic (exact) mass is 277 g/mol. The van der Waals surface area contributed by atoms with Crippen LogP contribution in [0.4, 0.5) is 0 Å². The van der Waals surface area contributed by atoms with E-state index in [9.17, 15) is 4.79 Å². The summed E-state index contributed by atoms with van der Waals surface area (Å²) in [6, 6.07) is 5.87. The van der Waals surface area contributed by atoms with Crippen molar-refractivity contribution in [2.24, 2.45) is 0 Å². The molecule has 0 bridgehead atoms. The molecule has 0 aliphatic rings. The van der Waals surface area contributed by atoms with E-state index in [1.54, 1.807) is 11.0 Å². The molecule has 4 heteroatoms. The van der Waals surface area contributed by atoms with Crippen LogP contribution >= 0.6 is 0 Å². The van der Waals surface area contributed by atoms with E-state index in [0.29, 0.717) is 26.1 Å². The molecule has 1 N–H and O–H groups in total. The van der Waals surface area contributed by atoms with Crippen molar-refractivity contribution < 1.29 is 14.6 Å². The number of hydrogen-bond donors (Lipinski definition) is 1. The predicted octanol–water partition coefficient (Wildman–Crippen LogP) is 2.08. The summed E-state index contributed by atoms with van der Waals surface area (Å²) in [5.74, 6) is 0.737. The van der Waals surface area contributed by atoms with Gasteiger partial charge in [-0.15, -0.1) is 6.58 Å². The van der Waals surface area contributed by atoms with Crippen LogP contribution in [0.3, 0.4) is 0 Å². The highest BCUT2D eigenvalue weighted by Crippen LogP contribution is 2.16. The van der Waals surface area contributed by atoms with Crippen molar-refractivity contribution in [1.82, 2.24) is 4.90 Å². The Morgan fingerprint density at radius 2 is 2.15 bits per heavy atom. The lowest BCUT2D eigenvalue weighted by molar-refractivity contribution is -0.131. The first-order valence-corrected chi connectivity index (χ1v) is 6.78. The number of rotatable bonds is 8. The number of hydrogen-bond acceptors (Lipinski definition) is 3. The van der Waals surface area contributed by atoms with Gasteiger partial charge in [0.2, 0.25) is 5.91 Å². The topological polar surface area (TPSA) is 49.8 Å². The van der Waals surface area contributed by atoms with E-state index in [4.69, 9.17) is 9.84 Å². The van der Waals surface area contributed by atoms with Crippen LogP contribution < -0.4 is 4.74 Å². The van der Waals surface area contributed by atoms with Crippen LogP contribution in [0.25, 0.3) is 0 Å². The number of carbonyl (C=O) groups excluding carboxylic acids is 1. The summed E-state index contributed by atoms with van der Waals surface area (Å²) >= 11 is 0. The molecule has 1 amide bonds. The van der Waals surface area contributed by atoms with E-state index >= 15 is 0 Å². The molecule has 0 saturated carbocycles. The standard InChI is InChI=1S/C16H23NO3/c1-4-8-17(9-10-18)16(19)7-11-20-15-6-5-13(2)14(3)12-15/h4-6,12,18H,1,7-11H2,2-3H3. The highest BCUT2D eigenvalue weighted by Gasteiger charge is 2.11. The Balaban J connectivity index is 2.43. The predicted molar refractivity (Wildman–Crippen MR) is 79.9 cm³/mol. The van der Waals surface area contributed by atoms with Gasteiger partial charge in [-0.2, -0.15) is 0 Å². The van der Waals surface area contributed by atoms with Crippen molar-refractivity contribution in [3.05, 3.63) is 42.0 Å². The van der Waals surface area contributed by atoms with Gasteiger partial charge in [-0.3, -0.25) is 4.79 Å². The average Bonchev–Trinajstić information content (AvgIpc) is 2.42. The fourth-order valence-corrected chi connectivity index (χ4v) is 1.81. The summed E-state index contributed by atoms with van der Waals surface area (Å²) in [6.45, 7) is 8.74. The summed E-state index contributed by atoms with van der Waals surface area (Å²) in [7, 11) is 0. The highest BCUT2D eigenvalue weighted by molar-refractivity contribution is 5.76. The lowest BCUT2D eigenvalue weighted by atomic mass is 10.1. The van der Waals surface area contributed by atoms with E-state index in [1.807, 2.05) is 32.0 Å². The lowest BCUT2D eigenvalue weighted by Gasteiger charge is -2.20. The summed E-state index contributed by atoms with van der Waals surface area (Å²) in [4.78, 5) is 13.5. The van der Waals surface area contributed by atoms with Gasteiger partial charge < -0.3 is 14.7 Å². The first-order valence-electron chi connectivity index (χ1n) is 6.78. The second-order valence-electron chi connectivity index (χ2n) is 4.70. The van der Waals surface area contributed by atoms with Crippen LogP contribution in [-0.4, -0.2) is 42.2 Å². The number of aryl methyl sites for hydroxylation is 2. The highest BCUT2D eigenvalue weighted by atomic mass is 16.5. The van der Waals surface area contributed by atoms with E-state index in [2.05, 4.69) is 6.58 Å². The van der Waals surface area contributed by atoms with Gasteiger partial charge in [-0.1, -0.05) is 12.1 Å². The quantitative estimate of drug-likeness (QED) is 0.740. The molecule has 1 aromatic carbocycles. The molecule has 20 heavy (non-hydrogen) atoms. The normalized spacial score (nSPS) is 10.2. The van der Waals surface area contributed by atoms with Crippen LogP contribution in [0.5, 0.6) is 5.75 Å². The Hall–Kier alpha value is -1.81. The molecule has 110 valence electrons. The number of amides is 1. The van der Waals surface area contributed by atoms with Crippen molar-refractivity contribution in [3.8, 4) is 5.75 Å². The molecule has 0 saturated heterocycles. The number of aliphatic hydroxyl groups excluding tert-OH is 1. The van der Waals surface area contributed by atoms with E-state index in [-0.39, 0.29) is 12.5 Å². The van der Waals surface area contributed by atoms with Gasteiger partial charge in [-0.25, -0.2) is 0 Å². The van der Waals surface area contributed by atoms with Crippen LogP contribution in [0.1, 0.15) is 17.5 Å². The van der Waals surface area contributed by atoms with Crippen molar-refractivity contribution in [1.29, 1.82) is 0 Å². The molecule has 1 aromatic rings. The third kappa shape index (κ3) is 5.05. The zero-order valence-electron chi connectivity index (χ0n) is 12.3. The number of nitrogens with zero attached hydrogens (tertiary/aromatic N) is 1. The largest absolute Gasteiger partial charge is 0.493 e. The Kier molecular flexibility index (Phi) is 6.81. The maximum absolute atomic E-state index is 11.9. The minimum Gasteiger partial charge on any atom is -0.493 e. The Morgan fingerprint density at radius 1 is 1.40 bits per heavy atom. The number of benzene rings is 1. The Bertz CT molecular complexity index is 457. The van der Waals surface area contributed by atoms with E-state index in [1.165, 1.54) is 11.1 Å². The molecule has 0 radical (unpaired) electrons. The second-order valence-corrected chi connectivity index (χ2v) is 4.70. The van der Waals surface area contributed by atoms with Gasteiger partial charge in [0.25, 0.3) is 0 Å². The van der Waals surface area contributed by atoms with Gasteiger partial charge in [0.15, 0.2) is 0 Å². The number of ether oxygens (including phenoxy) is 1. The SMILES string of the molecule is C=CCN(CCO)C(=O)CCOc1ccc(C)c(C)c1. The maximum Gasteiger partial charge on any atom is 0.226 e. The Labute approximate surface area is 120 Å². The summed E-state index contributed by atoms with van der Waals surface area (Å²) in [6.07, 6.45) is 1.94. The summed E-state index contributed by atoms with van der Waals surface area (Å²) in [5.41, 5.74) is 2.39. The van der Waals surface area contributed by atoms with Crippen LogP contribution in [0.2, 0.25) is 0 Å². The van der Waals surface area contributed by atoms with Crippen molar-refractivity contribution in [2.75, 3.05) is 26.3 Å². The fraction of sp³-hybridized carbons (Fsp3) is 0.438. The number of aliphatic hydroxyl groups is 1. The van der Waals surface area contributed by atoms with Gasteiger partial charge in [-0.05, 0) is 37.1 Å². The first kappa shape index (κ1) is 16.2. The van der Waals surface area contributed by atoms with Crippen molar-refractivity contribution in [3.63, 3.8) is 0 Å². The molecule has 0 atom stereocenters. The van der Waals surface area contributed by atoms with Crippen LogP contribution in [0, 0.1) is 13.8 Å². The van der Waals surface area contributed by atoms with Gasteiger partial charge in [0, 0.05) is 13.1 Å². The molecule has 0 unspecified atom stereocenters. The molecule has 0 heterocycles. The van der Waals surface area contributed by atoms with Gasteiger partial charge in [0.1, 0.15) is 5.75 Å². The van der Waals surface area contributed by atoms with Gasteiger partial charge in [0.05, 0.1) is 19.6 Å². The zero-order valence-corrected chi connectivity index (χ0v) is 12.3.